The average Bonchev–Trinajstić information content (AvgIpc) is 2.70. The van der Waals surface area contributed by atoms with Crippen LogP contribution in [0, 0.1) is 5.41 Å². The maximum absolute atomic E-state index is 12.4. The molecule has 2 rings (SSSR count). The molecule has 104 valence electrons. The third-order valence-corrected chi connectivity index (χ3v) is 4.10. The maximum atomic E-state index is 12.4. The number of anilines is 1. The first-order valence-corrected chi connectivity index (χ1v) is 7.18. The van der Waals surface area contributed by atoms with Crippen molar-refractivity contribution in [3.05, 3.63) is 29.8 Å². The van der Waals surface area contributed by atoms with Crippen LogP contribution in [0.15, 0.2) is 24.3 Å². The van der Waals surface area contributed by atoms with Crippen molar-refractivity contribution in [2.75, 3.05) is 11.9 Å². The smallest absolute Gasteiger partial charge is 0.253 e. The molecule has 0 spiro atoms. The summed E-state index contributed by atoms with van der Waals surface area (Å²) in [5.74, 6) is 0.0384. The van der Waals surface area contributed by atoms with E-state index in [1.165, 1.54) is 12.8 Å². The molecule has 1 fully saturated rings. The summed E-state index contributed by atoms with van der Waals surface area (Å²) in [6.45, 7) is 7.33. The van der Waals surface area contributed by atoms with E-state index >= 15 is 0 Å². The number of para-hydroxylation sites is 1. The summed E-state index contributed by atoms with van der Waals surface area (Å²) >= 11 is 0. The van der Waals surface area contributed by atoms with Crippen LogP contribution < -0.4 is 10.6 Å². The third-order valence-electron chi connectivity index (χ3n) is 4.10. The van der Waals surface area contributed by atoms with Gasteiger partial charge in [0.15, 0.2) is 0 Å². The molecule has 0 bridgehead atoms. The number of hydrogen-bond acceptors (Lipinski definition) is 2. The molecular weight excluding hydrogens is 236 g/mol. The topological polar surface area (TPSA) is 41.1 Å². The Bertz CT molecular complexity index is 454. The highest BCUT2D eigenvalue weighted by Gasteiger charge is 2.35. The summed E-state index contributed by atoms with van der Waals surface area (Å²) in [7, 11) is 0. The molecule has 1 aliphatic rings. The third kappa shape index (κ3) is 3.09. The Morgan fingerprint density at radius 1 is 1.37 bits per heavy atom. The monoisotopic (exact) mass is 260 g/mol. The lowest BCUT2D eigenvalue weighted by atomic mass is 9.87. The Kier molecular flexibility index (Phi) is 4.13. The molecule has 0 saturated heterocycles. The Hall–Kier alpha value is -1.51. The Morgan fingerprint density at radius 2 is 2.11 bits per heavy atom. The molecule has 1 aliphatic carbocycles. The van der Waals surface area contributed by atoms with Crippen LogP contribution in [-0.4, -0.2) is 18.5 Å². The van der Waals surface area contributed by atoms with Crippen LogP contribution in [0.3, 0.4) is 0 Å². The zero-order chi connectivity index (χ0) is 13.9. The predicted molar refractivity (Wildman–Crippen MR) is 79.5 cm³/mol. The van der Waals surface area contributed by atoms with Gasteiger partial charge in [0.05, 0.1) is 5.56 Å². The normalized spacial score (nSPS) is 21.1. The van der Waals surface area contributed by atoms with E-state index in [1.807, 2.05) is 31.2 Å². The van der Waals surface area contributed by atoms with Gasteiger partial charge in [0.25, 0.3) is 5.91 Å². The molecule has 1 amide bonds. The zero-order valence-corrected chi connectivity index (χ0v) is 12.1. The van der Waals surface area contributed by atoms with Crippen molar-refractivity contribution in [2.24, 2.45) is 5.41 Å². The number of carbonyl (C=O) groups is 1. The van der Waals surface area contributed by atoms with Gasteiger partial charge in [0.2, 0.25) is 0 Å². The molecule has 1 atom stereocenters. The molecule has 1 saturated carbocycles. The van der Waals surface area contributed by atoms with Gasteiger partial charge in [-0.3, -0.25) is 4.79 Å². The number of carbonyl (C=O) groups excluding carboxylic acids is 1. The SMILES string of the molecule is CCNc1ccccc1C(=O)NC1CCCC1(C)C. The predicted octanol–water partition coefficient (Wildman–Crippen LogP) is 3.43. The Labute approximate surface area is 115 Å². The van der Waals surface area contributed by atoms with Crippen LogP contribution in [-0.2, 0) is 0 Å². The fourth-order valence-electron chi connectivity index (χ4n) is 2.86. The lowest BCUT2D eigenvalue weighted by molar-refractivity contribution is 0.0911. The van der Waals surface area contributed by atoms with Gasteiger partial charge in [-0.1, -0.05) is 32.4 Å². The van der Waals surface area contributed by atoms with E-state index in [0.717, 1.165) is 24.2 Å². The first-order chi connectivity index (χ1) is 9.04. The largest absolute Gasteiger partial charge is 0.385 e. The van der Waals surface area contributed by atoms with E-state index in [-0.39, 0.29) is 17.4 Å². The molecule has 19 heavy (non-hydrogen) atoms. The van der Waals surface area contributed by atoms with Crippen LogP contribution in [0.4, 0.5) is 5.69 Å². The fraction of sp³-hybridized carbons (Fsp3) is 0.562. The number of rotatable bonds is 4. The van der Waals surface area contributed by atoms with Crippen LogP contribution >= 0.6 is 0 Å². The van der Waals surface area contributed by atoms with Crippen molar-refractivity contribution in [3.63, 3.8) is 0 Å². The second-order valence-corrected chi connectivity index (χ2v) is 5.98. The van der Waals surface area contributed by atoms with E-state index in [0.29, 0.717) is 0 Å². The van der Waals surface area contributed by atoms with Gasteiger partial charge >= 0.3 is 0 Å². The standard InChI is InChI=1S/C16H24N2O/c1-4-17-13-9-6-5-8-12(13)15(19)18-14-10-7-11-16(14,2)3/h5-6,8-9,14,17H,4,7,10-11H2,1-3H3,(H,18,19). The molecule has 0 aliphatic heterocycles. The summed E-state index contributed by atoms with van der Waals surface area (Å²) in [6.07, 6.45) is 3.47. The number of hydrogen-bond donors (Lipinski definition) is 2. The molecule has 1 unspecified atom stereocenters. The molecule has 3 heteroatoms. The second-order valence-electron chi connectivity index (χ2n) is 5.98. The summed E-state index contributed by atoms with van der Waals surface area (Å²) in [5, 5.41) is 6.45. The van der Waals surface area contributed by atoms with Crippen molar-refractivity contribution in [1.82, 2.24) is 5.32 Å². The molecule has 3 nitrogen and oxygen atoms in total. The number of nitrogens with one attached hydrogen (secondary N) is 2. The molecule has 1 aromatic carbocycles. The maximum Gasteiger partial charge on any atom is 0.253 e. The Balaban J connectivity index is 2.12. The highest BCUT2D eigenvalue weighted by atomic mass is 16.1. The van der Waals surface area contributed by atoms with Crippen LogP contribution in [0.25, 0.3) is 0 Å². The zero-order valence-electron chi connectivity index (χ0n) is 12.1. The van der Waals surface area contributed by atoms with Gasteiger partial charge in [0, 0.05) is 18.3 Å². The van der Waals surface area contributed by atoms with Crippen molar-refractivity contribution >= 4 is 11.6 Å². The van der Waals surface area contributed by atoms with E-state index in [1.54, 1.807) is 0 Å². The average molecular weight is 260 g/mol. The minimum atomic E-state index is 0.0384. The lowest BCUT2D eigenvalue weighted by Gasteiger charge is -2.28. The second kappa shape index (κ2) is 5.64. The van der Waals surface area contributed by atoms with E-state index in [2.05, 4.69) is 24.5 Å². The van der Waals surface area contributed by atoms with Gasteiger partial charge in [-0.2, -0.15) is 0 Å². The molecule has 0 heterocycles. The number of amides is 1. The van der Waals surface area contributed by atoms with Crippen LogP contribution in [0.1, 0.15) is 50.4 Å². The van der Waals surface area contributed by atoms with Gasteiger partial charge in [-0.25, -0.2) is 0 Å². The first kappa shape index (κ1) is 13.9. The highest BCUT2D eigenvalue weighted by molar-refractivity contribution is 5.99. The van der Waals surface area contributed by atoms with Crippen LogP contribution in [0.2, 0.25) is 0 Å². The first-order valence-electron chi connectivity index (χ1n) is 7.18. The fourth-order valence-corrected chi connectivity index (χ4v) is 2.86. The molecule has 0 radical (unpaired) electrons. The minimum absolute atomic E-state index is 0.0384. The van der Waals surface area contributed by atoms with Crippen molar-refractivity contribution in [1.29, 1.82) is 0 Å². The highest BCUT2D eigenvalue weighted by Crippen LogP contribution is 2.37. The molecule has 1 aromatic rings. The lowest BCUT2D eigenvalue weighted by Crippen LogP contribution is -2.41. The summed E-state index contributed by atoms with van der Waals surface area (Å²) in [4.78, 5) is 12.4. The van der Waals surface area contributed by atoms with Gasteiger partial charge in [0.1, 0.15) is 0 Å². The van der Waals surface area contributed by atoms with Crippen molar-refractivity contribution in [2.45, 2.75) is 46.1 Å². The van der Waals surface area contributed by atoms with Crippen molar-refractivity contribution in [3.8, 4) is 0 Å². The molecule has 0 aromatic heterocycles. The summed E-state index contributed by atoms with van der Waals surface area (Å²) < 4.78 is 0. The van der Waals surface area contributed by atoms with Gasteiger partial charge in [-0.05, 0) is 37.3 Å². The molecular formula is C16H24N2O. The van der Waals surface area contributed by atoms with Crippen LogP contribution in [0.5, 0.6) is 0 Å². The van der Waals surface area contributed by atoms with Crippen molar-refractivity contribution < 1.29 is 4.79 Å². The molecule has 2 N–H and O–H groups in total. The minimum Gasteiger partial charge on any atom is -0.385 e. The Morgan fingerprint density at radius 3 is 2.74 bits per heavy atom. The summed E-state index contributed by atoms with van der Waals surface area (Å²) in [6, 6.07) is 7.99. The van der Waals surface area contributed by atoms with Gasteiger partial charge in [-0.15, -0.1) is 0 Å². The quantitative estimate of drug-likeness (QED) is 0.871. The van der Waals surface area contributed by atoms with E-state index in [4.69, 9.17) is 0 Å². The van der Waals surface area contributed by atoms with E-state index < -0.39 is 0 Å². The van der Waals surface area contributed by atoms with E-state index in [9.17, 15) is 4.79 Å². The number of benzene rings is 1. The van der Waals surface area contributed by atoms with Gasteiger partial charge < -0.3 is 10.6 Å². The summed E-state index contributed by atoms with van der Waals surface area (Å²) in [5.41, 5.74) is 1.87.